The average molecular weight is 447 g/mol. The predicted octanol–water partition coefficient (Wildman–Crippen LogP) is 3.50. The lowest BCUT2D eigenvalue weighted by atomic mass is 9.89. The molecule has 0 spiro atoms. The second kappa shape index (κ2) is 8.42. The predicted molar refractivity (Wildman–Crippen MR) is 121 cm³/mol. The maximum atomic E-state index is 13.0. The first kappa shape index (κ1) is 22.9. The lowest BCUT2D eigenvalue weighted by Gasteiger charge is -2.38. The zero-order chi connectivity index (χ0) is 23.0. The van der Waals surface area contributed by atoms with Gasteiger partial charge in [0.2, 0.25) is 15.9 Å². The van der Waals surface area contributed by atoms with E-state index in [2.05, 4.69) is 5.32 Å². The summed E-state index contributed by atoms with van der Waals surface area (Å²) in [7, 11) is -2.08. The number of carbonyl (C=O) groups excluding carboxylic acids is 1. The standard InChI is InChI=1S/C23H30N2O5S/c1-15-7-8-16(2)20(11-15)25(31(6,27)28)14-22(26)24-19-13-23(3,4)30-21-10-9-17(29-5)12-18(19)21/h7-12,19H,13-14H2,1-6H3,(H,24,26). The van der Waals surface area contributed by atoms with E-state index in [1.54, 1.807) is 13.2 Å². The fraction of sp³-hybridized carbons (Fsp3) is 0.435. The molecule has 0 fully saturated rings. The molecule has 1 heterocycles. The molecule has 1 amide bonds. The molecule has 3 rings (SSSR count). The van der Waals surface area contributed by atoms with E-state index >= 15 is 0 Å². The van der Waals surface area contributed by atoms with Gasteiger partial charge in [-0.25, -0.2) is 8.42 Å². The molecule has 1 atom stereocenters. The van der Waals surface area contributed by atoms with E-state index in [-0.39, 0.29) is 18.5 Å². The van der Waals surface area contributed by atoms with E-state index in [4.69, 9.17) is 9.47 Å². The van der Waals surface area contributed by atoms with Crippen molar-refractivity contribution in [3.05, 3.63) is 53.1 Å². The largest absolute Gasteiger partial charge is 0.497 e. The van der Waals surface area contributed by atoms with Gasteiger partial charge < -0.3 is 14.8 Å². The summed E-state index contributed by atoms with van der Waals surface area (Å²) in [4.78, 5) is 13.0. The number of nitrogens with zero attached hydrogens (tertiary/aromatic N) is 1. The molecule has 0 bridgehead atoms. The van der Waals surface area contributed by atoms with Crippen LogP contribution in [-0.4, -0.2) is 39.8 Å². The third-order valence-electron chi connectivity index (χ3n) is 5.33. The summed E-state index contributed by atoms with van der Waals surface area (Å²) in [5, 5.41) is 3.01. The Morgan fingerprint density at radius 2 is 1.94 bits per heavy atom. The van der Waals surface area contributed by atoms with Crippen molar-refractivity contribution in [2.45, 2.75) is 45.8 Å². The van der Waals surface area contributed by atoms with E-state index in [9.17, 15) is 13.2 Å². The number of nitrogens with one attached hydrogen (secondary N) is 1. The van der Waals surface area contributed by atoms with Crippen molar-refractivity contribution in [3.63, 3.8) is 0 Å². The van der Waals surface area contributed by atoms with Crippen molar-refractivity contribution in [3.8, 4) is 11.5 Å². The van der Waals surface area contributed by atoms with Gasteiger partial charge in [-0.2, -0.15) is 0 Å². The lowest BCUT2D eigenvalue weighted by molar-refractivity contribution is -0.120. The van der Waals surface area contributed by atoms with Crippen LogP contribution < -0.4 is 19.1 Å². The monoisotopic (exact) mass is 446 g/mol. The van der Waals surface area contributed by atoms with Gasteiger partial charge in [0, 0.05) is 12.0 Å². The quantitative estimate of drug-likeness (QED) is 0.734. The van der Waals surface area contributed by atoms with Crippen molar-refractivity contribution < 1.29 is 22.7 Å². The molecule has 2 aromatic rings. The Morgan fingerprint density at radius 3 is 2.58 bits per heavy atom. The van der Waals surface area contributed by atoms with Crippen LogP contribution >= 0.6 is 0 Å². The molecule has 0 saturated carbocycles. The maximum Gasteiger partial charge on any atom is 0.241 e. The van der Waals surface area contributed by atoms with Crippen molar-refractivity contribution in [2.24, 2.45) is 0 Å². The topological polar surface area (TPSA) is 84.9 Å². The number of amides is 1. The van der Waals surface area contributed by atoms with Crippen LogP contribution in [0.1, 0.15) is 43.0 Å². The number of anilines is 1. The number of aryl methyl sites for hydroxylation is 2. The highest BCUT2D eigenvalue weighted by atomic mass is 32.2. The molecular formula is C23H30N2O5S. The summed E-state index contributed by atoms with van der Waals surface area (Å²) in [6.07, 6.45) is 1.65. The van der Waals surface area contributed by atoms with Gasteiger partial charge in [0.25, 0.3) is 0 Å². The number of methoxy groups -OCH3 is 1. The van der Waals surface area contributed by atoms with Crippen molar-refractivity contribution in [2.75, 3.05) is 24.2 Å². The third kappa shape index (κ3) is 5.31. The maximum absolute atomic E-state index is 13.0. The first-order valence-electron chi connectivity index (χ1n) is 10.1. The van der Waals surface area contributed by atoms with Gasteiger partial charge in [0.1, 0.15) is 23.6 Å². The second-order valence-corrected chi connectivity index (χ2v) is 10.6. The van der Waals surface area contributed by atoms with Crippen molar-refractivity contribution in [1.82, 2.24) is 5.32 Å². The van der Waals surface area contributed by atoms with Gasteiger partial charge >= 0.3 is 0 Å². The number of hydrogen-bond acceptors (Lipinski definition) is 5. The SMILES string of the molecule is COc1ccc2c(c1)C(NC(=O)CN(c1cc(C)ccc1C)S(C)(=O)=O)CC(C)(C)O2. The molecule has 0 aromatic heterocycles. The minimum atomic E-state index is -3.66. The Bertz CT molecular complexity index is 1100. The minimum Gasteiger partial charge on any atom is -0.497 e. The van der Waals surface area contributed by atoms with Crippen LogP contribution in [0.4, 0.5) is 5.69 Å². The third-order valence-corrected chi connectivity index (χ3v) is 6.46. The number of fused-ring (bicyclic) bond motifs is 1. The summed E-state index contributed by atoms with van der Waals surface area (Å²) in [5.74, 6) is 0.953. The minimum absolute atomic E-state index is 0.305. The summed E-state index contributed by atoms with van der Waals surface area (Å²) in [5.41, 5.74) is 2.54. The number of benzene rings is 2. The summed E-state index contributed by atoms with van der Waals surface area (Å²) < 4.78 is 37.6. The number of rotatable bonds is 6. The molecule has 7 nitrogen and oxygen atoms in total. The summed E-state index contributed by atoms with van der Waals surface area (Å²) in [6.45, 7) is 7.32. The molecule has 2 aromatic carbocycles. The Labute approximate surface area is 184 Å². The van der Waals surface area contributed by atoms with Crippen LogP contribution in [0, 0.1) is 13.8 Å². The Hall–Kier alpha value is -2.74. The Balaban J connectivity index is 1.89. The molecule has 8 heteroatoms. The summed E-state index contributed by atoms with van der Waals surface area (Å²) in [6, 6.07) is 10.7. The van der Waals surface area contributed by atoms with Crippen LogP contribution in [0.5, 0.6) is 11.5 Å². The first-order valence-corrected chi connectivity index (χ1v) is 12.0. The van der Waals surface area contributed by atoms with Gasteiger partial charge in [-0.3, -0.25) is 9.10 Å². The molecule has 0 aliphatic carbocycles. The normalized spacial score (nSPS) is 17.3. The smallest absolute Gasteiger partial charge is 0.241 e. The Morgan fingerprint density at radius 1 is 1.23 bits per heavy atom. The zero-order valence-electron chi connectivity index (χ0n) is 18.9. The number of carbonyl (C=O) groups is 1. The van der Waals surface area contributed by atoms with E-state index in [0.29, 0.717) is 23.6 Å². The molecule has 1 aliphatic rings. The average Bonchev–Trinajstić information content (AvgIpc) is 2.66. The molecule has 1 unspecified atom stereocenters. The van der Waals surface area contributed by atoms with Crippen LogP contribution in [0.3, 0.4) is 0 Å². The number of sulfonamides is 1. The number of ether oxygens (including phenoxy) is 2. The molecule has 31 heavy (non-hydrogen) atoms. The van der Waals surface area contributed by atoms with E-state index in [1.807, 2.05) is 58.0 Å². The van der Waals surface area contributed by atoms with Crippen LogP contribution in [0.25, 0.3) is 0 Å². The van der Waals surface area contributed by atoms with Crippen LogP contribution in [0.15, 0.2) is 36.4 Å². The van der Waals surface area contributed by atoms with Gasteiger partial charge in [-0.05, 0) is 63.1 Å². The molecular weight excluding hydrogens is 416 g/mol. The van der Waals surface area contributed by atoms with E-state index < -0.39 is 15.6 Å². The molecule has 1 N–H and O–H groups in total. The Kier molecular flexibility index (Phi) is 6.23. The van der Waals surface area contributed by atoms with E-state index in [1.165, 1.54) is 0 Å². The van der Waals surface area contributed by atoms with Crippen molar-refractivity contribution in [1.29, 1.82) is 0 Å². The molecule has 0 radical (unpaired) electrons. The van der Waals surface area contributed by atoms with Crippen LogP contribution in [-0.2, 0) is 14.8 Å². The van der Waals surface area contributed by atoms with Crippen LogP contribution in [0.2, 0.25) is 0 Å². The van der Waals surface area contributed by atoms with E-state index in [0.717, 1.165) is 27.3 Å². The second-order valence-electron chi connectivity index (χ2n) is 8.65. The van der Waals surface area contributed by atoms with Gasteiger partial charge in [-0.1, -0.05) is 12.1 Å². The fourth-order valence-corrected chi connectivity index (χ4v) is 4.73. The summed E-state index contributed by atoms with van der Waals surface area (Å²) >= 11 is 0. The molecule has 1 aliphatic heterocycles. The van der Waals surface area contributed by atoms with Gasteiger partial charge in [-0.15, -0.1) is 0 Å². The molecule has 168 valence electrons. The molecule has 0 saturated heterocycles. The highest BCUT2D eigenvalue weighted by Gasteiger charge is 2.35. The first-order chi connectivity index (χ1) is 14.4. The van der Waals surface area contributed by atoms with Gasteiger partial charge in [0.05, 0.1) is 25.1 Å². The lowest BCUT2D eigenvalue weighted by Crippen LogP contribution is -2.45. The highest BCUT2D eigenvalue weighted by Crippen LogP contribution is 2.41. The van der Waals surface area contributed by atoms with Crippen molar-refractivity contribution >= 4 is 21.6 Å². The fourth-order valence-electron chi connectivity index (χ4n) is 3.83. The number of hydrogen-bond donors (Lipinski definition) is 1. The van der Waals surface area contributed by atoms with Gasteiger partial charge in [0.15, 0.2) is 0 Å². The zero-order valence-corrected chi connectivity index (χ0v) is 19.7. The highest BCUT2D eigenvalue weighted by molar-refractivity contribution is 7.92.